The van der Waals surface area contributed by atoms with Gasteiger partial charge in [-0.3, -0.25) is 0 Å². The van der Waals surface area contributed by atoms with Gasteiger partial charge in [0.2, 0.25) is 0 Å². The van der Waals surface area contributed by atoms with Gasteiger partial charge in [-0.2, -0.15) is 0 Å². The van der Waals surface area contributed by atoms with Crippen molar-refractivity contribution < 1.29 is 4.74 Å². The number of para-hydroxylation sites is 3. The molecule has 0 aliphatic rings. The summed E-state index contributed by atoms with van der Waals surface area (Å²) in [4.78, 5) is 7.45. The third-order valence-electron chi connectivity index (χ3n) is 5.44. The lowest BCUT2D eigenvalue weighted by Gasteiger charge is -2.22. The van der Waals surface area contributed by atoms with E-state index in [0.29, 0.717) is 17.4 Å². The van der Waals surface area contributed by atoms with Gasteiger partial charge in [0.1, 0.15) is 18.2 Å². The standard InChI is InChI=1S/C25H34ClN3O/c1-3-5-16-28(17-6-4-2)18-11-19-29-23-14-9-8-13-22(23)27-25(29)20-30-24-15-10-7-12-21(24)26/h7-10,12-15H,3-6,11,16-20H2,1-2H3. The smallest absolute Gasteiger partial charge is 0.148 e. The first-order valence-corrected chi connectivity index (χ1v) is 11.6. The zero-order valence-electron chi connectivity index (χ0n) is 18.3. The molecule has 2 aromatic carbocycles. The van der Waals surface area contributed by atoms with Crippen molar-refractivity contribution in [1.82, 2.24) is 14.5 Å². The highest BCUT2D eigenvalue weighted by atomic mass is 35.5. The first kappa shape index (κ1) is 22.6. The van der Waals surface area contributed by atoms with Crippen LogP contribution in [0.25, 0.3) is 11.0 Å². The van der Waals surface area contributed by atoms with E-state index in [2.05, 4.69) is 41.5 Å². The van der Waals surface area contributed by atoms with Crippen LogP contribution < -0.4 is 4.74 Å². The molecule has 3 aromatic rings. The Morgan fingerprint density at radius 1 is 0.900 bits per heavy atom. The van der Waals surface area contributed by atoms with Crippen LogP contribution in [-0.4, -0.2) is 34.1 Å². The lowest BCUT2D eigenvalue weighted by molar-refractivity contribution is 0.254. The summed E-state index contributed by atoms with van der Waals surface area (Å²) < 4.78 is 8.31. The number of imidazole rings is 1. The molecule has 0 saturated heterocycles. The Morgan fingerprint density at radius 3 is 2.30 bits per heavy atom. The van der Waals surface area contributed by atoms with Gasteiger partial charge in [0, 0.05) is 6.54 Å². The molecule has 0 aliphatic heterocycles. The van der Waals surface area contributed by atoms with Crippen LogP contribution in [0.4, 0.5) is 0 Å². The number of ether oxygens (including phenoxy) is 1. The van der Waals surface area contributed by atoms with E-state index in [1.807, 2.05) is 30.3 Å². The number of hydrogen-bond acceptors (Lipinski definition) is 3. The monoisotopic (exact) mass is 427 g/mol. The molecule has 0 aliphatic carbocycles. The van der Waals surface area contributed by atoms with E-state index in [1.54, 1.807) is 0 Å². The number of rotatable bonds is 13. The van der Waals surface area contributed by atoms with E-state index >= 15 is 0 Å². The summed E-state index contributed by atoms with van der Waals surface area (Å²) in [5, 5.41) is 0.627. The van der Waals surface area contributed by atoms with Crippen LogP contribution in [0.15, 0.2) is 48.5 Å². The molecule has 1 heterocycles. The van der Waals surface area contributed by atoms with Gasteiger partial charge < -0.3 is 14.2 Å². The molecular formula is C25H34ClN3O. The van der Waals surface area contributed by atoms with Crippen molar-refractivity contribution in [2.75, 3.05) is 19.6 Å². The number of unbranched alkanes of at least 4 members (excludes halogenated alkanes) is 2. The Balaban J connectivity index is 1.68. The summed E-state index contributed by atoms with van der Waals surface area (Å²) in [5.74, 6) is 1.65. The Kier molecular flexibility index (Phi) is 9.03. The predicted molar refractivity (Wildman–Crippen MR) is 126 cm³/mol. The maximum absolute atomic E-state index is 6.25. The van der Waals surface area contributed by atoms with Crippen LogP contribution in [0.3, 0.4) is 0 Å². The second kappa shape index (κ2) is 12.0. The van der Waals surface area contributed by atoms with Crippen LogP contribution >= 0.6 is 11.6 Å². The zero-order chi connectivity index (χ0) is 21.2. The molecule has 162 valence electrons. The van der Waals surface area contributed by atoms with Gasteiger partial charge >= 0.3 is 0 Å². The Labute approximate surface area is 185 Å². The van der Waals surface area contributed by atoms with Crippen LogP contribution in [-0.2, 0) is 13.2 Å². The van der Waals surface area contributed by atoms with Crippen molar-refractivity contribution in [3.8, 4) is 5.75 Å². The summed E-state index contributed by atoms with van der Waals surface area (Å²) in [6, 6.07) is 15.9. The minimum atomic E-state index is 0.411. The van der Waals surface area contributed by atoms with Crippen LogP contribution in [0.1, 0.15) is 51.8 Å². The quantitative estimate of drug-likeness (QED) is 0.309. The minimum absolute atomic E-state index is 0.411. The van der Waals surface area contributed by atoms with Gasteiger partial charge in [0.05, 0.1) is 16.1 Å². The van der Waals surface area contributed by atoms with Crippen molar-refractivity contribution >= 4 is 22.6 Å². The van der Waals surface area contributed by atoms with Crippen LogP contribution in [0, 0.1) is 0 Å². The summed E-state index contributed by atoms with van der Waals surface area (Å²) >= 11 is 6.25. The molecule has 0 radical (unpaired) electrons. The van der Waals surface area contributed by atoms with Gasteiger partial charge in [-0.25, -0.2) is 4.98 Å². The van der Waals surface area contributed by atoms with Crippen molar-refractivity contribution in [2.45, 2.75) is 59.1 Å². The SMILES string of the molecule is CCCCN(CCCC)CCCn1c(COc2ccccc2Cl)nc2ccccc21. The molecule has 0 bridgehead atoms. The molecule has 0 amide bonds. The highest BCUT2D eigenvalue weighted by Crippen LogP contribution is 2.25. The molecule has 1 aromatic heterocycles. The van der Waals surface area contributed by atoms with Crippen molar-refractivity contribution in [3.63, 3.8) is 0 Å². The zero-order valence-corrected chi connectivity index (χ0v) is 19.1. The molecule has 0 saturated carbocycles. The highest BCUT2D eigenvalue weighted by molar-refractivity contribution is 6.32. The third-order valence-corrected chi connectivity index (χ3v) is 5.75. The minimum Gasteiger partial charge on any atom is -0.484 e. The average Bonchev–Trinajstić information content (AvgIpc) is 3.12. The molecule has 5 heteroatoms. The van der Waals surface area contributed by atoms with Gasteiger partial charge in [-0.05, 0) is 63.2 Å². The van der Waals surface area contributed by atoms with E-state index in [-0.39, 0.29) is 0 Å². The van der Waals surface area contributed by atoms with E-state index in [0.717, 1.165) is 30.9 Å². The normalized spacial score (nSPS) is 11.5. The first-order chi connectivity index (χ1) is 14.7. The van der Waals surface area contributed by atoms with Crippen molar-refractivity contribution in [1.29, 1.82) is 0 Å². The second-order valence-electron chi connectivity index (χ2n) is 7.79. The molecular weight excluding hydrogens is 394 g/mol. The van der Waals surface area contributed by atoms with E-state index in [1.165, 1.54) is 44.3 Å². The number of halogens is 1. The topological polar surface area (TPSA) is 30.3 Å². The second-order valence-corrected chi connectivity index (χ2v) is 8.20. The van der Waals surface area contributed by atoms with Gasteiger partial charge in [-0.1, -0.05) is 62.6 Å². The van der Waals surface area contributed by atoms with Crippen molar-refractivity contribution in [2.24, 2.45) is 0 Å². The summed E-state index contributed by atoms with van der Waals surface area (Å²) in [6.07, 6.45) is 6.15. The fraction of sp³-hybridized carbons (Fsp3) is 0.480. The van der Waals surface area contributed by atoms with Crippen molar-refractivity contribution in [3.05, 3.63) is 59.4 Å². The summed E-state index contributed by atoms with van der Waals surface area (Å²) in [5.41, 5.74) is 2.19. The van der Waals surface area contributed by atoms with E-state index < -0.39 is 0 Å². The largest absolute Gasteiger partial charge is 0.484 e. The number of benzene rings is 2. The number of fused-ring (bicyclic) bond motifs is 1. The molecule has 0 fully saturated rings. The fourth-order valence-electron chi connectivity index (χ4n) is 3.74. The molecule has 0 unspecified atom stereocenters. The van der Waals surface area contributed by atoms with Gasteiger partial charge in [-0.15, -0.1) is 0 Å². The maximum Gasteiger partial charge on any atom is 0.148 e. The molecule has 3 rings (SSSR count). The molecule has 0 N–H and O–H groups in total. The first-order valence-electron chi connectivity index (χ1n) is 11.3. The maximum atomic E-state index is 6.25. The molecule has 0 spiro atoms. The predicted octanol–water partition coefficient (Wildman–Crippen LogP) is 6.56. The third kappa shape index (κ3) is 6.23. The summed E-state index contributed by atoms with van der Waals surface area (Å²) in [6.45, 7) is 9.40. The van der Waals surface area contributed by atoms with E-state index in [9.17, 15) is 0 Å². The lowest BCUT2D eigenvalue weighted by Crippen LogP contribution is -2.28. The number of aryl methyl sites for hydroxylation is 1. The molecule has 30 heavy (non-hydrogen) atoms. The Morgan fingerprint density at radius 2 is 1.57 bits per heavy atom. The van der Waals surface area contributed by atoms with Crippen LogP contribution in [0.2, 0.25) is 5.02 Å². The molecule has 4 nitrogen and oxygen atoms in total. The summed E-state index contributed by atoms with van der Waals surface area (Å²) in [7, 11) is 0. The highest BCUT2D eigenvalue weighted by Gasteiger charge is 2.12. The molecule has 0 atom stereocenters. The van der Waals surface area contributed by atoms with E-state index in [4.69, 9.17) is 21.3 Å². The number of hydrogen-bond donors (Lipinski definition) is 0. The van der Waals surface area contributed by atoms with Gasteiger partial charge in [0.25, 0.3) is 0 Å². The average molecular weight is 428 g/mol. The number of nitrogens with zero attached hydrogens (tertiary/aromatic N) is 3. The Hall–Kier alpha value is -2.04. The number of aromatic nitrogens is 2. The lowest BCUT2D eigenvalue weighted by atomic mass is 10.2. The van der Waals surface area contributed by atoms with Gasteiger partial charge in [0.15, 0.2) is 0 Å². The van der Waals surface area contributed by atoms with Crippen LogP contribution in [0.5, 0.6) is 5.75 Å². The Bertz CT molecular complexity index is 900. The fourth-order valence-corrected chi connectivity index (χ4v) is 3.93.